The number of carbonyl (C=O) groups is 1. The summed E-state index contributed by atoms with van der Waals surface area (Å²) in [6.07, 6.45) is -1.45. The van der Waals surface area contributed by atoms with Crippen LogP contribution in [0, 0.1) is 0 Å². The third-order valence-electron chi connectivity index (χ3n) is 5.84. The zero-order valence-electron chi connectivity index (χ0n) is 19.6. The molecule has 200 valence electrons. The van der Waals surface area contributed by atoms with Crippen LogP contribution in [0.3, 0.4) is 0 Å². The minimum Gasteiger partial charge on any atom is -0.756 e. The van der Waals surface area contributed by atoms with E-state index in [4.69, 9.17) is 14.4 Å². The number of nitrogens with zero attached hydrogens (tertiary/aromatic N) is 5. The highest BCUT2D eigenvalue weighted by Crippen LogP contribution is 2.33. The third kappa shape index (κ3) is 5.40. The monoisotopic (exact) mass is 541 g/mol. The largest absolute Gasteiger partial charge is 0.756 e. The van der Waals surface area contributed by atoms with E-state index in [9.17, 15) is 34.1 Å². The molecule has 0 spiro atoms. The molecule has 3 aromatic heterocycles. The molecule has 5 atom stereocenters. The summed E-state index contributed by atoms with van der Waals surface area (Å²) in [5.41, 5.74) is -0.729. The molecule has 0 radical (unpaired) electrons. The van der Waals surface area contributed by atoms with Crippen LogP contribution in [0.5, 0.6) is 0 Å². The van der Waals surface area contributed by atoms with E-state index in [0.29, 0.717) is 0 Å². The molecule has 1 fully saturated rings. The average Bonchev–Trinajstić information content (AvgIpc) is 3.37. The Balaban J connectivity index is 1.44. The Morgan fingerprint density at radius 1 is 1.30 bits per heavy atom. The van der Waals surface area contributed by atoms with Crippen molar-refractivity contribution in [3.05, 3.63) is 57.3 Å². The maximum atomic E-state index is 12.7. The van der Waals surface area contributed by atoms with Crippen molar-refractivity contribution < 1.29 is 47.9 Å². The number of hydrogen-bond acceptors (Lipinski definition) is 11. The van der Waals surface area contributed by atoms with Crippen molar-refractivity contribution in [1.29, 1.82) is 0 Å². The SMILES string of the molecule is Cn1cnc2c1c(=O)n(CCOC(=O)c1ccc[n+]([C@@H]3O[C@H](COP(=O)([O-])O)[C@@H](O)[C@H]3O)c1)c(=O)n2C. The Bertz CT molecular complexity index is 1490. The predicted molar refractivity (Wildman–Crippen MR) is 119 cm³/mol. The van der Waals surface area contributed by atoms with E-state index in [-0.39, 0.29) is 29.9 Å². The summed E-state index contributed by atoms with van der Waals surface area (Å²) in [6.45, 7) is -1.25. The van der Waals surface area contributed by atoms with Crippen molar-refractivity contribution in [2.24, 2.45) is 14.1 Å². The lowest BCUT2D eigenvalue weighted by Crippen LogP contribution is -2.46. The number of rotatable bonds is 8. The van der Waals surface area contributed by atoms with Crippen molar-refractivity contribution in [2.75, 3.05) is 13.2 Å². The van der Waals surface area contributed by atoms with E-state index in [2.05, 4.69) is 9.51 Å². The van der Waals surface area contributed by atoms with Gasteiger partial charge in [0.05, 0.1) is 19.5 Å². The number of ether oxygens (including phenoxy) is 2. The number of esters is 1. The Hall–Kier alpha value is -3.24. The molecule has 4 heterocycles. The highest BCUT2D eigenvalue weighted by molar-refractivity contribution is 7.44. The highest BCUT2D eigenvalue weighted by atomic mass is 31.2. The summed E-state index contributed by atoms with van der Waals surface area (Å²) in [6, 6.07) is 2.85. The van der Waals surface area contributed by atoms with Gasteiger partial charge in [-0.1, -0.05) is 0 Å². The number of fused-ring (bicyclic) bond motifs is 1. The van der Waals surface area contributed by atoms with Gasteiger partial charge in [0, 0.05) is 20.2 Å². The van der Waals surface area contributed by atoms with Gasteiger partial charge in [-0.25, -0.2) is 14.6 Å². The summed E-state index contributed by atoms with van der Waals surface area (Å²) >= 11 is 0. The maximum absolute atomic E-state index is 12.7. The lowest BCUT2D eigenvalue weighted by Gasteiger charge is -2.19. The Morgan fingerprint density at radius 3 is 2.73 bits per heavy atom. The van der Waals surface area contributed by atoms with Crippen molar-refractivity contribution >= 4 is 25.0 Å². The summed E-state index contributed by atoms with van der Waals surface area (Å²) in [5, 5.41) is 20.4. The number of aryl methyl sites for hydroxylation is 2. The van der Waals surface area contributed by atoms with Crippen molar-refractivity contribution in [3.63, 3.8) is 0 Å². The van der Waals surface area contributed by atoms with Gasteiger partial charge in [-0.15, -0.1) is 0 Å². The molecule has 0 aromatic carbocycles. The van der Waals surface area contributed by atoms with Crippen LogP contribution in [0.1, 0.15) is 16.6 Å². The first kappa shape index (κ1) is 26.8. The van der Waals surface area contributed by atoms with Crippen LogP contribution in [0.25, 0.3) is 11.2 Å². The van der Waals surface area contributed by atoms with Gasteiger partial charge in [0.15, 0.2) is 29.7 Å². The zero-order valence-corrected chi connectivity index (χ0v) is 20.5. The van der Waals surface area contributed by atoms with E-state index in [1.807, 2.05) is 0 Å². The fourth-order valence-electron chi connectivity index (χ4n) is 3.96. The number of phosphoric acid groups is 1. The van der Waals surface area contributed by atoms with Gasteiger partial charge in [-0.05, 0) is 6.07 Å². The summed E-state index contributed by atoms with van der Waals surface area (Å²) in [5.74, 6) is -0.804. The van der Waals surface area contributed by atoms with Gasteiger partial charge in [0.25, 0.3) is 19.6 Å². The smallest absolute Gasteiger partial charge is 0.344 e. The predicted octanol–water partition coefficient (Wildman–Crippen LogP) is -3.33. The molecule has 0 bridgehead atoms. The van der Waals surface area contributed by atoms with Crippen molar-refractivity contribution in [3.8, 4) is 0 Å². The molecule has 37 heavy (non-hydrogen) atoms. The standard InChI is InChI=1S/C20H24N5O11P/c1-22-10-21-16-13(22)17(28)25(20(30)23(16)2)6-7-34-19(29)11-4-3-5-24(8-11)18-15(27)14(26)12(36-18)9-35-37(31,32)33/h3-5,8,10,12,14-15,18,26-27H,6-7,9H2,1-2H3,(H-,31,32,33)/t12-,14-,15-,18-/m1/s1. The Morgan fingerprint density at radius 2 is 2.03 bits per heavy atom. The Labute approximate surface area is 207 Å². The molecule has 1 aliphatic heterocycles. The number of carbonyl (C=O) groups excluding carboxylic acids is 1. The van der Waals surface area contributed by atoms with E-state index in [0.717, 1.165) is 4.57 Å². The number of aliphatic hydroxyl groups is 2. The summed E-state index contributed by atoms with van der Waals surface area (Å²) < 4.78 is 30.6. The summed E-state index contributed by atoms with van der Waals surface area (Å²) in [7, 11) is -1.98. The van der Waals surface area contributed by atoms with Crippen molar-refractivity contribution in [1.82, 2.24) is 18.7 Å². The van der Waals surface area contributed by atoms with Gasteiger partial charge in [0.2, 0.25) is 0 Å². The molecule has 16 nitrogen and oxygen atoms in total. The molecule has 0 aliphatic carbocycles. The van der Waals surface area contributed by atoms with Gasteiger partial charge < -0.3 is 38.6 Å². The lowest BCUT2D eigenvalue weighted by molar-refractivity contribution is -0.765. The van der Waals surface area contributed by atoms with E-state index in [1.165, 1.54) is 51.6 Å². The molecule has 1 unspecified atom stereocenters. The second kappa shape index (κ2) is 10.3. The molecule has 0 amide bonds. The van der Waals surface area contributed by atoms with Gasteiger partial charge in [0.1, 0.15) is 24.4 Å². The third-order valence-corrected chi connectivity index (χ3v) is 6.32. The minimum absolute atomic E-state index is 0.0224. The molecular formula is C20H24N5O11P. The summed E-state index contributed by atoms with van der Waals surface area (Å²) in [4.78, 5) is 61.5. The van der Waals surface area contributed by atoms with Gasteiger partial charge in [-0.2, -0.15) is 4.57 Å². The van der Waals surface area contributed by atoms with Gasteiger partial charge in [-0.3, -0.25) is 18.5 Å². The number of imidazole rings is 1. The highest BCUT2D eigenvalue weighted by Gasteiger charge is 2.48. The minimum atomic E-state index is -5.07. The second-order valence-electron chi connectivity index (χ2n) is 8.31. The molecule has 17 heteroatoms. The van der Waals surface area contributed by atoms with Crippen LogP contribution >= 0.6 is 7.82 Å². The van der Waals surface area contributed by atoms with Crippen molar-refractivity contribution in [2.45, 2.75) is 31.1 Å². The van der Waals surface area contributed by atoms with Crippen LogP contribution in [0.2, 0.25) is 0 Å². The molecule has 4 rings (SSSR count). The molecule has 3 N–H and O–H groups in total. The fourth-order valence-corrected chi connectivity index (χ4v) is 4.29. The molecule has 1 aliphatic rings. The first-order chi connectivity index (χ1) is 17.4. The number of aliphatic hydroxyl groups excluding tert-OH is 2. The topological polar surface area (TPSA) is 211 Å². The van der Waals surface area contributed by atoms with Crippen LogP contribution in [0.4, 0.5) is 0 Å². The number of phosphoric ester groups is 1. The lowest BCUT2D eigenvalue weighted by atomic mass is 10.1. The van der Waals surface area contributed by atoms with Crippen LogP contribution in [-0.4, -0.2) is 71.3 Å². The fraction of sp³-hybridized carbons (Fsp3) is 0.450. The molecule has 3 aromatic rings. The second-order valence-corrected chi connectivity index (χ2v) is 9.51. The van der Waals surface area contributed by atoms with Crippen LogP contribution < -0.4 is 20.7 Å². The number of hydrogen-bond donors (Lipinski definition) is 3. The molecule has 0 saturated carbocycles. The Kier molecular flexibility index (Phi) is 7.43. The zero-order chi connectivity index (χ0) is 27.1. The van der Waals surface area contributed by atoms with Crippen LogP contribution in [0.15, 0.2) is 40.4 Å². The first-order valence-corrected chi connectivity index (χ1v) is 12.4. The van der Waals surface area contributed by atoms with Crippen LogP contribution in [-0.2, 0) is 39.2 Å². The van der Waals surface area contributed by atoms with E-state index >= 15 is 0 Å². The van der Waals surface area contributed by atoms with E-state index in [1.54, 1.807) is 7.05 Å². The first-order valence-electron chi connectivity index (χ1n) is 10.9. The molecular weight excluding hydrogens is 517 g/mol. The average molecular weight is 541 g/mol. The molecule has 1 saturated heterocycles. The van der Waals surface area contributed by atoms with E-state index < -0.39 is 56.2 Å². The van der Waals surface area contributed by atoms with Gasteiger partial charge >= 0.3 is 11.7 Å². The quantitative estimate of drug-likeness (QED) is 0.145. The number of aromatic nitrogens is 5. The maximum Gasteiger partial charge on any atom is 0.344 e. The number of pyridine rings is 1. The normalized spacial score (nSPS) is 23.3.